The second-order valence-corrected chi connectivity index (χ2v) is 11.0. The SMILES string of the molecule is Cc1ccc(NC(=O)c2c(C)cc(=O)n(-c3ccccc3)c2C)cc1S(=O)(=O)N1CCCCCC1. The first-order valence-corrected chi connectivity index (χ1v) is 13.3. The summed E-state index contributed by atoms with van der Waals surface area (Å²) in [6.45, 7) is 6.25. The molecule has 1 aliphatic rings. The monoisotopic (exact) mass is 493 g/mol. The largest absolute Gasteiger partial charge is 0.322 e. The first-order valence-electron chi connectivity index (χ1n) is 11.9. The maximum absolute atomic E-state index is 13.4. The number of sulfonamides is 1. The van der Waals surface area contributed by atoms with Crippen LogP contribution in [0.25, 0.3) is 5.69 Å². The second kappa shape index (κ2) is 10.2. The lowest BCUT2D eigenvalue weighted by molar-refractivity contribution is 0.102. The number of rotatable bonds is 5. The van der Waals surface area contributed by atoms with Gasteiger partial charge in [0.2, 0.25) is 10.0 Å². The van der Waals surface area contributed by atoms with Crippen LogP contribution in [-0.2, 0) is 10.0 Å². The van der Waals surface area contributed by atoms with Crippen molar-refractivity contribution in [2.45, 2.75) is 51.3 Å². The first-order chi connectivity index (χ1) is 16.7. The normalized spacial score (nSPS) is 14.9. The number of para-hydroxylation sites is 1. The van der Waals surface area contributed by atoms with Crippen LogP contribution < -0.4 is 10.9 Å². The highest BCUT2D eigenvalue weighted by atomic mass is 32.2. The summed E-state index contributed by atoms with van der Waals surface area (Å²) >= 11 is 0. The molecule has 0 aliphatic carbocycles. The maximum atomic E-state index is 13.4. The topological polar surface area (TPSA) is 88.5 Å². The van der Waals surface area contributed by atoms with E-state index in [1.54, 1.807) is 37.2 Å². The van der Waals surface area contributed by atoms with Crippen LogP contribution in [0.2, 0.25) is 0 Å². The van der Waals surface area contributed by atoms with Crippen molar-refractivity contribution in [1.82, 2.24) is 8.87 Å². The number of amides is 1. The molecule has 1 aliphatic heterocycles. The third-order valence-corrected chi connectivity index (χ3v) is 8.56. The highest BCUT2D eigenvalue weighted by Crippen LogP contribution is 2.26. The molecular weight excluding hydrogens is 462 g/mol. The number of carbonyl (C=O) groups excluding carboxylic acids is 1. The van der Waals surface area contributed by atoms with Gasteiger partial charge in [0.1, 0.15) is 0 Å². The van der Waals surface area contributed by atoms with Crippen molar-refractivity contribution < 1.29 is 13.2 Å². The van der Waals surface area contributed by atoms with Crippen LogP contribution >= 0.6 is 0 Å². The number of aryl methyl sites for hydroxylation is 2. The molecule has 1 N–H and O–H groups in total. The highest BCUT2D eigenvalue weighted by Gasteiger charge is 2.27. The fourth-order valence-electron chi connectivity index (χ4n) is 4.70. The summed E-state index contributed by atoms with van der Waals surface area (Å²) in [6.07, 6.45) is 3.77. The van der Waals surface area contributed by atoms with Crippen molar-refractivity contribution in [2.24, 2.45) is 0 Å². The molecule has 0 saturated carbocycles. The molecule has 35 heavy (non-hydrogen) atoms. The van der Waals surface area contributed by atoms with E-state index in [1.165, 1.54) is 16.7 Å². The third-order valence-electron chi connectivity index (χ3n) is 6.52. The number of hydrogen-bond acceptors (Lipinski definition) is 4. The lowest BCUT2D eigenvalue weighted by Crippen LogP contribution is -2.32. The van der Waals surface area contributed by atoms with E-state index in [0.717, 1.165) is 25.7 Å². The van der Waals surface area contributed by atoms with E-state index in [2.05, 4.69) is 5.32 Å². The van der Waals surface area contributed by atoms with Crippen molar-refractivity contribution in [1.29, 1.82) is 0 Å². The number of nitrogens with zero attached hydrogens (tertiary/aromatic N) is 2. The Labute approximate surface area is 206 Å². The number of aromatic nitrogens is 1. The number of nitrogens with one attached hydrogen (secondary N) is 1. The Bertz CT molecular complexity index is 1400. The zero-order valence-corrected chi connectivity index (χ0v) is 21.2. The quantitative estimate of drug-likeness (QED) is 0.564. The predicted molar refractivity (Wildman–Crippen MR) is 138 cm³/mol. The zero-order valence-electron chi connectivity index (χ0n) is 20.4. The molecule has 0 bridgehead atoms. The Morgan fingerprint density at radius 2 is 1.51 bits per heavy atom. The average molecular weight is 494 g/mol. The summed E-state index contributed by atoms with van der Waals surface area (Å²) in [6, 6.07) is 15.5. The Kier molecular flexibility index (Phi) is 7.23. The van der Waals surface area contributed by atoms with Crippen LogP contribution in [0.5, 0.6) is 0 Å². The molecule has 0 radical (unpaired) electrons. The van der Waals surface area contributed by atoms with Gasteiger partial charge in [0.15, 0.2) is 0 Å². The molecule has 3 aromatic rings. The van der Waals surface area contributed by atoms with E-state index in [9.17, 15) is 18.0 Å². The summed E-state index contributed by atoms with van der Waals surface area (Å²) in [5, 5.41) is 2.86. The maximum Gasteiger partial charge on any atom is 0.257 e. The van der Waals surface area contributed by atoms with Gasteiger partial charge in [-0.3, -0.25) is 14.2 Å². The van der Waals surface area contributed by atoms with Gasteiger partial charge in [0, 0.05) is 36.2 Å². The minimum Gasteiger partial charge on any atom is -0.322 e. The van der Waals surface area contributed by atoms with E-state index >= 15 is 0 Å². The van der Waals surface area contributed by atoms with Gasteiger partial charge in [0.05, 0.1) is 10.5 Å². The van der Waals surface area contributed by atoms with Crippen LogP contribution in [0, 0.1) is 20.8 Å². The van der Waals surface area contributed by atoms with Gasteiger partial charge in [0.25, 0.3) is 11.5 Å². The van der Waals surface area contributed by atoms with Gasteiger partial charge in [-0.05, 0) is 69.0 Å². The molecule has 184 valence electrons. The molecule has 0 unspecified atom stereocenters. The van der Waals surface area contributed by atoms with Crippen molar-refractivity contribution in [3.05, 3.63) is 87.3 Å². The summed E-state index contributed by atoms with van der Waals surface area (Å²) in [4.78, 5) is 26.3. The number of carbonyl (C=O) groups is 1. The van der Waals surface area contributed by atoms with Crippen molar-refractivity contribution in [2.75, 3.05) is 18.4 Å². The summed E-state index contributed by atoms with van der Waals surface area (Å²) < 4.78 is 29.8. The van der Waals surface area contributed by atoms with E-state index in [-0.39, 0.29) is 10.5 Å². The third kappa shape index (κ3) is 5.09. The molecule has 8 heteroatoms. The number of hydrogen-bond donors (Lipinski definition) is 1. The minimum absolute atomic E-state index is 0.208. The molecule has 1 fully saturated rings. The van der Waals surface area contributed by atoms with Crippen LogP contribution in [0.3, 0.4) is 0 Å². The second-order valence-electron chi connectivity index (χ2n) is 9.05. The first kappa shape index (κ1) is 24.9. The molecule has 1 aromatic heterocycles. The van der Waals surface area contributed by atoms with Crippen LogP contribution in [-0.4, -0.2) is 36.3 Å². The minimum atomic E-state index is -3.67. The Morgan fingerprint density at radius 3 is 2.17 bits per heavy atom. The fraction of sp³-hybridized carbons (Fsp3) is 0.333. The predicted octanol–water partition coefficient (Wildman–Crippen LogP) is 4.58. The molecule has 0 spiro atoms. The van der Waals surface area contributed by atoms with Gasteiger partial charge in [-0.1, -0.05) is 37.1 Å². The summed E-state index contributed by atoms with van der Waals surface area (Å²) in [7, 11) is -3.67. The lowest BCUT2D eigenvalue weighted by atomic mass is 10.1. The number of benzene rings is 2. The standard InChI is InChI=1S/C27H31N3O4S/c1-19-13-14-22(18-24(19)35(33,34)29-15-9-4-5-10-16-29)28-27(32)26-20(2)17-25(31)30(21(26)3)23-11-7-6-8-12-23/h6-8,11-14,17-18H,4-5,9-10,15-16H2,1-3H3,(H,28,32). The Morgan fingerprint density at radius 1 is 0.857 bits per heavy atom. The lowest BCUT2D eigenvalue weighted by Gasteiger charge is -2.22. The van der Waals surface area contributed by atoms with Crippen LogP contribution in [0.1, 0.15) is 52.9 Å². The summed E-state index contributed by atoms with van der Waals surface area (Å²) in [5.74, 6) is -0.397. The molecule has 0 atom stereocenters. The fourth-order valence-corrected chi connectivity index (χ4v) is 6.46. The molecule has 4 rings (SSSR count). The number of anilines is 1. The van der Waals surface area contributed by atoms with E-state index in [0.29, 0.717) is 46.8 Å². The molecular formula is C27H31N3O4S. The van der Waals surface area contributed by atoms with Gasteiger partial charge in [-0.15, -0.1) is 0 Å². The summed E-state index contributed by atoms with van der Waals surface area (Å²) in [5.41, 5.74) is 2.94. The Balaban J connectivity index is 1.68. The zero-order chi connectivity index (χ0) is 25.2. The van der Waals surface area contributed by atoms with E-state index in [4.69, 9.17) is 0 Å². The average Bonchev–Trinajstić information content (AvgIpc) is 3.11. The van der Waals surface area contributed by atoms with Gasteiger partial charge < -0.3 is 5.32 Å². The Hall–Kier alpha value is -3.23. The highest BCUT2D eigenvalue weighted by molar-refractivity contribution is 7.89. The van der Waals surface area contributed by atoms with Crippen LogP contribution in [0.4, 0.5) is 5.69 Å². The molecule has 2 heterocycles. The van der Waals surface area contributed by atoms with Crippen LogP contribution in [0.15, 0.2) is 64.3 Å². The molecule has 1 saturated heterocycles. The number of pyridine rings is 1. The van der Waals surface area contributed by atoms with E-state index in [1.807, 2.05) is 30.3 Å². The van der Waals surface area contributed by atoms with Gasteiger partial charge in [-0.25, -0.2) is 8.42 Å². The molecule has 7 nitrogen and oxygen atoms in total. The van der Waals surface area contributed by atoms with Crippen molar-refractivity contribution >= 4 is 21.6 Å². The van der Waals surface area contributed by atoms with Gasteiger partial charge in [-0.2, -0.15) is 4.31 Å². The molecule has 2 aromatic carbocycles. The smallest absolute Gasteiger partial charge is 0.257 e. The van der Waals surface area contributed by atoms with Crippen molar-refractivity contribution in [3.63, 3.8) is 0 Å². The molecule has 1 amide bonds. The van der Waals surface area contributed by atoms with E-state index < -0.39 is 15.9 Å². The van der Waals surface area contributed by atoms with Gasteiger partial charge >= 0.3 is 0 Å². The van der Waals surface area contributed by atoms with Crippen molar-refractivity contribution in [3.8, 4) is 5.69 Å².